The Bertz CT molecular complexity index is 383. The third-order valence-electron chi connectivity index (χ3n) is 3.32. The molecule has 1 fully saturated rings. The van der Waals surface area contributed by atoms with Gasteiger partial charge in [0.05, 0.1) is 0 Å². The van der Waals surface area contributed by atoms with Crippen molar-refractivity contribution >= 4 is 17.5 Å². The lowest BCUT2D eigenvalue weighted by molar-refractivity contribution is -0.124. The Balaban J connectivity index is 1.75. The molecule has 2 atom stereocenters. The molecule has 1 aliphatic rings. The molecule has 98 valence electrons. The highest BCUT2D eigenvalue weighted by Gasteiger charge is 2.27. The van der Waals surface area contributed by atoms with E-state index in [4.69, 9.17) is 16.3 Å². The van der Waals surface area contributed by atoms with E-state index in [1.807, 2.05) is 30.3 Å². The SMILES string of the molecule is O=C(COc1ccccc1)NC1CCCC1CCl. The van der Waals surface area contributed by atoms with Crippen molar-refractivity contribution in [3.05, 3.63) is 30.3 Å². The summed E-state index contributed by atoms with van der Waals surface area (Å²) in [5.74, 6) is 1.67. The van der Waals surface area contributed by atoms with E-state index in [1.165, 1.54) is 0 Å². The molecule has 18 heavy (non-hydrogen) atoms. The van der Waals surface area contributed by atoms with Crippen molar-refractivity contribution < 1.29 is 9.53 Å². The third kappa shape index (κ3) is 3.64. The number of hydrogen-bond acceptors (Lipinski definition) is 2. The molecule has 2 unspecified atom stereocenters. The van der Waals surface area contributed by atoms with E-state index < -0.39 is 0 Å². The van der Waals surface area contributed by atoms with E-state index in [1.54, 1.807) is 0 Å². The van der Waals surface area contributed by atoms with Crippen LogP contribution in [-0.2, 0) is 4.79 Å². The second kappa shape index (κ2) is 6.64. The first-order valence-electron chi connectivity index (χ1n) is 6.33. The predicted molar refractivity (Wildman–Crippen MR) is 71.9 cm³/mol. The summed E-state index contributed by atoms with van der Waals surface area (Å²) in [6.45, 7) is 0.0650. The number of carbonyl (C=O) groups is 1. The lowest BCUT2D eigenvalue weighted by Gasteiger charge is -2.18. The fraction of sp³-hybridized carbons (Fsp3) is 0.500. The van der Waals surface area contributed by atoms with Crippen LogP contribution in [0.25, 0.3) is 0 Å². The summed E-state index contributed by atoms with van der Waals surface area (Å²) >= 11 is 5.88. The standard InChI is InChI=1S/C14H18ClNO2/c15-9-11-5-4-8-13(11)16-14(17)10-18-12-6-2-1-3-7-12/h1-3,6-7,11,13H,4-5,8-10H2,(H,16,17). The van der Waals surface area contributed by atoms with Crippen LogP contribution in [0.1, 0.15) is 19.3 Å². The highest BCUT2D eigenvalue weighted by Crippen LogP contribution is 2.26. The zero-order valence-electron chi connectivity index (χ0n) is 10.3. The van der Waals surface area contributed by atoms with Crippen LogP contribution < -0.4 is 10.1 Å². The van der Waals surface area contributed by atoms with Crippen molar-refractivity contribution in [1.29, 1.82) is 0 Å². The molecular formula is C14H18ClNO2. The predicted octanol–water partition coefficient (Wildman–Crippen LogP) is 2.59. The van der Waals surface area contributed by atoms with Gasteiger partial charge in [0.25, 0.3) is 5.91 Å². The Morgan fingerprint density at radius 2 is 2.11 bits per heavy atom. The lowest BCUT2D eigenvalue weighted by Crippen LogP contribution is -2.40. The smallest absolute Gasteiger partial charge is 0.258 e. The molecule has 0 heterocycles. The maximum Gasteiger partial charge on any atom is 0.258 e. The number of benzene rings is 1. The average molecular weight is 268 g/mol. The van der Waals surface area contributed by atoms with Gasteiger partial charge in [-0.25, -0.2) is 0 Å². The Morgan fingerprint density at radius 3 is 2.83 bits per heavy atom. The number of rotatable bonds is 5. The number of amides is 1. The molecule has 1 N–H and O–H groups in total. The van der Waals surface area contributed by atoms with Gasteiger partial charge in [-0.05, 0) is 30.9 Å². The van der Waals surface area contributed by atoms with Gasteiger partial charge >= 0.3 is 0 Å². The Morgan fingerprint density at radius 1 is 1.33 bits per heavy atom. The summed E-state index contributed by atoms with van der Waals surface area (Å²) in [6, 6.07) is 9.57. The van der Waals surface area contributed by atoms with Crippen LogP contribution in [0, 0.1) is 5.92 Å². The van der Waals surface area contributed by atoms with Gasteiger partial charge in [0.2, 0.25) is 0 Å². The topological polar surface area (TPSA) is 38.3 Å². The number of ether oxygens (including phenoxy) is 1. The minimum absolute atomic E-state index is 0.0650. The molecule has 1 aliphatic carbocycles. The quantitative estimate of drug-likeness (QED) is 0.833. The van der Waals surface area contributed by atoms with Crippen molar-refractivity contribution in [3.63, 3.8) is 0 Å². The van der Waals surface area contributed by atoms with Gasteiger partial charge in [0.1, 0.15) is 5.75 Å². The van der Waals surface area contributed by atoms with Crippen LogP contribution >= 0.6 is 11.6 Å². The van der Waals surface area contributed by atoms with Crippen molar-refractivity contribution in [2.24, 2.45) is 5.92 Å². The molecule has 2 rings (SSSR count). The van der Waals surface area contributed by atoms with Crippen molar-refractivity contribution in [2.75, 3.05) is 12.5 Å². The normalized spacial score (nSPS) is 22.7. The zero-order valence-corrected chi connectivity index (χ0v) is 11.0. The van der Waals surface area contributed by atoms with Gasteiger partial charge < -0.3 is 10.1 Å². The minimum atomic E-state index is -0.0686. The second-order valence-electron chi connectivity index (χ2n) is 4.62. The summed E-state index contributed by atoms with van der Waals surface area (Å²) in [6.07, 6.45) is 3.27. The Labute approximate surface area is 112 Å². The van der Waals surface area contributed by atoms with Crippen LogP contribution in [0.5, 0.6) is 5.75 Å². The maximum absolute atomic E-state index is 11.8. The monoisotopic (exact) mass is 267 g/mol. The van der Waals surface area contributed by atoms with Gasteiger partial charge in [0, 0.05) is 11.9 Å². The number of alkyl halides is 1. The van der Waals surface area contributed by atoms with E-state index >= 15 is 0 Å². The number of para-hydroxylation sites is 1. The van der Waals surface area contributed by atoms with Crippen molar-refractivity contribution in [3.8, 4) is 5.75 Å². The molecule has 0 aliphatic heterocycles. The van der Waals surface area contributed by atoms with E-state index in [-0.39, 0.29) is 18.6 Å². The van der Waals surface area contributed by atoms with E-state index in [0.29, 0.717) is 17.5 Å². The van der Waals surface area contributed by atoms with Crippen LogP contribution in [-0.4, -0.2) is 24.4 Å². The van der Waals surface area contributed by atoms with Crippen molar-refractivity contribution in [1.82, 2.24) is 5.32 Å². The molecule has 1 aromatic carbocycles. The fourth-order valence-electron chi connectivity index (χ4n) is 2.33. The molecule has 0 radical (unpaired) electrons. The summed E-state index contributed by atoms with van der Waals surface area (Å²) in [5, 5.41) is 3.00. The van der Waals surface area contributed by atoms with Gasteiger partial charge in [-0.3, -0.25) is 4.79 Å². The number of hydrogen-bond donors (Lipinski definition) is 1. The third-order valence-corrected chi connectivity index (χ3v) is 3.71. The Kier molecular flexibility index (Phi) is 4.88. The number of nitrogens with one attached hydrogen (secondary N) is 1. The summed E-state index contributed by atoms with van der Waals surface area (Å²) in [4.78, 5) is 11.8. The van der Waals surface area contributed by atoms with Crippen molar-refractivity contribution in [2.45, 2.75) is 25.3 Å². The first-order chi connectivity index (χ1) is 8.79. The van der Waals surface area contributed by atoms with Gasteiger partial charge in [-0.15, -0.1) is 11.6 Å². The number of halogens is 1. The molecule has 3 nitrogen and oxygen atoms in total. The second-order valence-corrected chi connectivity index (χ2v) is 4.93. The first kappa shape index (κ1) is 13.2. The van der Waals surface area contributed by atoms with Crippen LogP contribution in [0.2, 0.25) is 0 Å². The first-order valence-corrected chi connectivity index (χ1v) is 6.86. The largest absolute Gasteiger partial charge is 0.484 e. The summed E-state index contributed by atoms with van der Waals surface area (Å²) in [5.41, 5.74) is 0. The van der Waals surface area contributed by atoms with E-state index in [0.717, 1.165) is 19.3 Å². The maximum atomic E-state index is 11.8. The van der Waals surface area contributed by atoms with Crippen LogP contribution in [0.15, 0.2) is 30.3 Å². The molecule has 1 saturated carbocycles. The Hall–Kier alpha value is -1.22. The van der Waals surface area contributed by atoms with E-state index in [2.05, 4.69) is 5.32 Å². The molecule has 0 aromatic heterocycles. The molecule has 1 amide bonds. The van der Waals surface area contributed by atoms with Crippen LogP contribution in [0.3, 0.4) is 0 Å². The van der Waals surface area contributed by atoms with E-state index in [9.17, 15) is 4.79 Å². The van der Waals surface area contributed by atoms with Gasteiger partial charge in [-0.1, -0.05) is 24.6 Å². The summed E-state index contributed by atoms with van der Waals surface area (Å²) in [7, 11) is 0. The van der Waals surface area contributed by atoms with Gasteiger partial charge in [-0.2, -0.15) is 0 Å². The molecule has 0 spiro atoms. The molecular weight excluding hydrogens is 250 g/mol. The highest BCUT2D eigenvalue weighted by atomic mass is 35.5. The highest BCUT2D eigenvalue weighted by molar-refractivity contribution is 6.18. The summed E-state index contributed by atoms with van der Waals surface area (Å²) < 4.78 is 5.40. The fourth-order valence-corrected chi connectivity index (χ4v) is 2.69. The molecule has 0 saturated heterocycles. The van der Waals surface area contributed by atoms with Gasteiger partial charge in [0.15, 0.2) is 6.61 Å². The minimum Gasteiger partial charge on any atom is -0.484 e. The number of carbonyl (C=O) groups excluding carboxylic acids is 1. The molecule has 0 bridgehead atoms. The molecule has 4 heteroatoms. The lowest BCUT2D eigenvalue weighted by atomic mass is 10.1. The molecule has 1 aromatic rings. The average Bonchev–Trinajstić information content (AvgIpc) is 2.85. The van der Waals surface area contributed by atoms with Crippen LogP contribution in [0.4, 0.5) is 0 Å². The zero-order chi connectivity index (χ0) is 12.8.